The van der Waals surface area contributed by atoms with Gasteiger partial charge in [0.1, 0.15) is 12.2 Å². The summed E-state index contributed by atoms with van der Waals surface area (Å²) < 4.78 is 0. The van der Waals surface area contributed by atoms with Crippen LogP contribution >= 0.6 is 0 Å². The number of carboxylic acid groups (broad SMARTS) is 1. The quantitative estimate of drug-likeness (QED) is 0.247. The fourth-order valence-electron chi connectivity index (χ4n) is 8.79. The Morgan fingerprint density at radius 2 is 1.97 bits per heavy atom. The molecule has 9 atom stereocenters. The van der Waals surface area contributed by atoms with Gasteiger partial charge in [-0.2, -0.15) is 0 Å². The number of carbonyl (C=O) groups excluding carboxylic acids is 3. The molecule has 1 heterocycles. The van der Waals surface area contributed by atoms with Gasteiger partial charge < -0.3 is 35.2 Å². The first kappa shape index (κ1) is 28.2. The summed E-state index contributed by atoms with van der Waals surface area (Å²) in [6, 6.07) is -1.18. The third-order valence-electron chi connectivity index (χ3n) is 10.8. The number of amides is 1. The lowest BCUT2D eigenvalue weighted by atomic mass is 9.45. The number of aliphatic hydroxyl groups excluding tert-OH is 3. The average molecular weight is 548 g/mol. The number of aliphatic carboxylic acids is 1. The van der Waals surface area contributed by atoms with Gasteiger partial charge in [-0.05, 0) is 67.8 Å². The van der Waals surface area contributed by atoms with Crippen molar-refractivity contribution in [2.75, 3.05) is 19.8 Å². The number of hydroxylamine groups is 1. The number of fused-ring (bicyclic) bond motifs is 5. The number of aliphatic hydroxyl groups is 4. The Hall–Kier alpha value is -2.31. The molecule has 4 fully saturated rings. The van der Waals surface area contributed by atoms with Crippen molar-refractivity contribution in [3.8, 4) is 0 Å². The van der Waals surface area contributed by atoms with E-state index in [1.54, 1.807) is 0 Å². The van der Waals surface area contributed by atoms with E-state index in [1.807, 2.05) is 19.1 Å². The van der Waals surface area contributed by atoms with Crippen molar-refractivity contribution < 1.29 is 44.8 Å². The molecule has 1 saturated heterocycles. The maximum absolute atomic E-state index is 12.6. The van der Waals surface area contributed by atoms with Crippen LogP contribution in [-0.4, -0.2) is 86.6 Å². The van der Waals surface area contributed by atoms with Crippen molar-refractivity contribution in [1.82, 2.24) is 10.4 Å². The predicted molar refractivity (Wildman–Crippen MR) is 134 cm³/mol. The summed E-state index contributed by atoms with van der Waals surface area (Å²) in [7, 11) is 0. The number of nitrogens with zero attached hydrogens (tertiary/aromatic N) is 1. The van der Waals surface area contributed by atoms with Crippen LogP contribution in [0.5, 0.6) is 0 Å². The van der Waals surface area contributed by atoms with Gasteiger partial charge in [-0.3, -0.25) is 19.9 Å². The molecule has 0 aromatic heterocycles. The topological polar surface area (TPSA) is 180 Å². The Morgan fingerprint density at radius 3 is 2.67 bits per heavy atom. The third-order valence-corrected chi connectivity index (χ3v) is 10.8. The summed E-state index contributed by atoms with van der Waals surface area (Å²) in [6.45, 7) is 2.85. The Kier molecular flexibility index (Phi) is 7.20. The minimum absolute atomic E-state index is 0.0504. The predicted octanol–water partition coefficient (Wildman–Crippen LogP) is -1.06. The number of carboxylic acids is 1. The van der Waals surface area contributed by atoms with E-state index in [9.17, 15) is 39.9 Å². The summed E-state index contributed by atoms with van der Waals surface area (Å²) in [5.41, 5.74) is 1.89. The van der Waals surface area contributed by atoms with Crippen molar-refractivity contribution in [2.24, 2.45) is 28.6 Å². The van der Waals surface area contributed by atoms with E-state index in [1.165, 1.54) is 0 Å². The molecule has 0 radical (unpaired) electrons. The summed E-state index contributed by atoms with van der Waals surface area (Å²) in [4.78, 5) is 42.8. The highest BCUT2D eigenvalue weighted by molar-refractivity contribution is 5.89. The van der Waals surface area contributed by atoms with E-state index in [0.29, 0.717) is 31.4 Å². The molecule has 11 nitrogen and oxygen atoms in total. The second-order valence-corrected chi connectivity index (χ2v) is 12.6. The number of β-amino-alcohol motifs (C(OH)–C–C–N with tert-alkyl or cyclic N) is 1. The molecule has 0 aromatic rings. The minimum atomic E-state index is -1.62. The standard InChI is InChI=1S/C28H40N2O9/c1-26-7-5-16(29-39-14-23(35)30-12-17(32)10-20(30)25(36)37)9-15(26)3-4-18-19-6-8-28(38,22(34)13-31)27(19,2)11-21(33)24(18)26/h5,9,17-21,24,29,31-33,38H,3-4,6-8,10-14H2,1-2H3,(H,36,37)/p-1/t17-,18-,19+,20+,21-,24-,26+,27-,28+/m0/s1. The van der Waals surface area contributed by atoms with Gasteiger partial charge in [0, 0.05) is 18.4 Å². The van der Waals surface area contributed by atoms with E-state index in [-0.39, 0.29) is 36.1 Å². The van der Waals surface area contributed by atoms with Gasteiger partial charge in [0.05, 0.1) is 29.9 Å². The van der Waals surface area contributed by atoms with Gasteiger partial charge in [0.2, 0.25) is 0 Å². The van der Waals surface area contributed by atoms with Crippen LogP contribution in [0, 0.1) is 28.6 Å². The van der Waals surface area contributed by atoms with Gasteiger partial charge in [0.25, 0.3) is 5.91 Å². The minimum Gasteiger partial charge on any atom is -0.548 e. The molecule has 5 rings (SSSR count). The SMILES string of the molecule is C[C@]12C[C@H](O)[C@@H]3[C@@H](CCC4=CC(NOCC(=O)N5C[C@@H](O)C[C@@H]5C(=O)[O-])=CC[C@]43C)[C@H]1CC[C@@]2(O)C(=O)CO. The molecule has 3 saturated carbocycles. The Morgan fingerprint density at radius 1 is 1.23 bits per heavy atom. The average Bonchev–Trinajstić information content (AvgIpc) is 3.41. The van der Waals surface area contributed by atoms with Crippen LogP contribution in [0.25, 0.3) is 0 Å². The molecule has 1 amide bonds. The van der Waals surface area contributed by atoms with Crippen molar-refractivity contribution in [3.05, 3.63) is 23.4 Å². The van der Waals surface area contributed by atoms with Gasteiger partial charge in [-0.25, -0.2) is 0 Å². The maximum atomic E-state index is 12.6. The summed E-state index contributed by atoms with van der Waals surface area (Å²) in [5.74, 6) is -2.39. The fraction of sp³-hybridized carbons (Fsp3) is 0.750. The molecule has 0 spiro atoms. The molecule has 39 heavy (non-hydrogen) atoms. The summed E-state index contributed by atoms with van der Waals surface area (Å²) >= 11 is 0. The second kappa shape index (κ2) is 9.95. The first-order valence-electron chi connectivity index (χ1n) is 13.9. The van der Waals surface area contributed by atoms with Crippen LogP contribution in [0.4, 0.5) is 0 Å². The zero-order chi connectivity index (χ0) is 28.3. The largest absolute Gasteiger partial charge is 0.548 e. The highest BCUT2D eigenvalue weighted by atomic mass is 16.6. The number of hydrogen-bond acceptors (Lipinski definition) is 10. The molecule has 4 aliphatic carbocycles. The van der Waals surface area contributed by atoms with Crippen LogP contribution in [0.2, 0.25) is 0 Å². The van der Waals surface area contributed by atoms with Gasteiger partial charge in [0.15, 0.2) is 12.4 Å². The molecular weight excluding hydrogens is 508 g/mol. The van der Waals surface area contributed by atoms with Crippen molar-refractivity contribution in [2.45, 2.75) is 82.6 Å². The normalized spacial score (nSPS) is 43.1. The van der Waals surface area contributed by atoms with Crippen molar-refractivity contribution in [3.63, 3.8) is 0 Å². The fourth-order valence-corrected chi connectivity index (χ4v) is 8.79. The highest BCUT2D eigenvalue weighted by Gasteiger charge is 2.68. The molecule has 0 unspecified atom stereocenters. The molecule has 1 aliphatic heterocycles. The monoisotopic (exact) mass is 547 g/mol. The van der Waals surface area contributed by atoms with E-state index in [4.69, 9.17) is 4.84 Å². The van der Waals surface area contributed by atoms with E-state index in [2.05, 4.69) is 12.4 Å². The van der Waals surface area contributed by atoms with E-state index >= 15 is 0 Å². The third kappa shape index (κ3) is 4.33. The number of rotatable bonds is 7. The van der Waals surface area contributed by atoms with Crippen LogP contribution in [-0.2, 0) is 19.2 Å². The number of allylic oxidation sites excluding steroid dienone is 3. The lowest BCUT2D eigenvalue weighted by Crippen LogP contribution is -2.61. The highest BCUT2D eigenvalue weighted by Crippen LogP contribution is 2.67. The lowest BCUT2D eigenvalue weighted by molar-refractivity contribution is -0.310. The van der Waals surface area contributed by atoms with Gasteiger partial charge in [-0.1, -0.05) is 25.5 Å². The van der Waals surface area contributed by atoms with E-state index in [0.717, 1.165) is 23.3 Å². The van der Waals surface area contributed by atoms with Crippen molar-refractivity contribution in [1.29, 1.82) is 0 Å². The molecular formula is C28H39N2O9-. The maximum Gasteiger partial charge on any atom is 0.251 e. The summed E-state index contributed by atoms with van der Waals surface area (Å²) in [5, 5.41) is 53.4. The first-order valence-corrected chi connectivity index (χ1v) is 13.9. The number of likely N-dealkylation sites (tertiary alicyclic amines) is 1. The number of Topliss-reactive ketones (excluding diaryl/α,β-unsaturated/α-hetero) is 1. The molecule has 11 heteroatoms. The molecule has 5 N–H and O–H groups in total. The lowest BCUT2D eigenvalue weighted by Gasteiger charge is -2.60. The molecule has 216 valence electrons. The van der Waals surface area contributed by atoms with Crippen molar-refractivity contribution >= 4 is 17.7 Å². The van der Waals surface area contributed by atoms with Gasteiger partial charge in [-0.15, -0.1) is 0 Å². The second-order valence-electron chi connectivity index (χ2n) is 12.6. The Balaban J connectivity index is 1.25. The number of ketones is 1. The number of hydrogen-bond donors (Lipinski definition) is 5. The summed E-state index contributed by atoms with van der Waals surface area (Å²) in [6.07, 6.45) is 5.73. The molecule has 0 aromatic carbocycles. The first-order chi connectivity index (χ1) is 18.4. The zero-order valence-electron chi connectivity index (χ0n) is 22.5. The Labute approximate surface area is 227 Å². The molecule has 0 bridgehead atoms. The van der Waals surface area contributed by atoms with Crippen LogP contribution in [0.15, 0.2) is 23.4 Å². The molecule has 5 aliphatic rings. The number of carbonyl (C=O) groups is 3. The van der Waals surface area contributed by atoms with Gasteiger partial charge >= 0.3 is 0 Å². The zero-order valence-corrected chi connectivity index (χ0v) is 22.5. The smallest absolute Gasteiger partial charge is 0.251 e. The number of nitrogens with one attached hydrogen (secondary N) is 1. The Bertz CT molecular complexity index is 1110. The van der Waals surface area contributed by atoms with Crippen LogP contribution in [0.3, 0.4) is 0 Å². The van der Waals surface area contributed by atoms with E-state index < -0.39 is 60.1 Å². The van der Waals surface area contributed by atoms with Crippen LogP contribution in [0.1, 0.15) is 58.8 Å². The van der Waals surface area contributed by atoms with Crippen LogP contribution < -0.4 is 10.6 Å².